The average molecular weight is 787 g/mol. The number of halogens is 2. The van der Waals surface area contributed by atoms with Crippen LogP contribution in [0.4, 0.5) is 34.1 Å². The molecule has 0 spiro atoms. The molecule has 9 heteroatoms. The summed E-state index contributed by atoms with van der Waals surface area (Å²) in [6, 6.07) is 27.5. The van der Waals surface area contributed by atoms with Crippen LogP contribution in [0, 0.1) is 0 Å². The number of nitrogens with two attached hydrogens (primary N) is 1. The molecule has 218 valence electrons. The Balaban J connectivity index is 0.00000242. The second kappa shape index (κ2) is 15.7. The monoisotopic (exact) mass is 786 g/mol. The van der Waals surface area contributed by atoms with Gasteiger partial charge in [-0.15, -0.1) is 0 Å². The second-order valence-electron chi connectivity index (χ2n) is 9.85. The Kier molecular flexibility index (Phi) is 12.3. The summed E-state index contributed by atoms with van der Waals surface area (Å²) in [5, 5.41) is 10.9. The first-order valence-electron chi connectivity index (χ1n) is 13.8. The number of para-hydroxylation sites is 1. The molecule has 0 saturated carbocycles. The van der Waals surface area contributed by atoms with Gasteiger partial charge in [0.1, 0.15) is 13.1 Å². The van der Waals surface area contributed by atoms with E-state index in [9.17, 15) is 4.79 Å². The standard InChI is InChI=1S/C33H34N6O.2HI/c1-3-18-38-20-15-26(16-21-38)35-27-13-14-31(29(34)23-27)37-33(40)24-9-11-25(12-10-24)36-30-17-22-39(19-4-2)32-8-6-5-7-28(30)32;;/h5-17,20-23H,3-4,18-19,34H2,1-2H3,(H,37,40);2*1H. The normalized spacial score (nSPS) is 10.3. The molecule has 0 aliphatic carbocycles. The minimum atomic E-state index is -0.215. The number of rotatable bonds is 10. The number of pyridine rings is 2. The van der Waals surface area contributed by atoms with Crippen LogP contribution < -0.4 is 78.8 Å². The first-order valence-corrected chi connectivity index (χ1v) is 13.8. The van der Waals surface area contributed by atoms with E-state index in [-0.39, 0.29) is 53.9 Å². The van der Waals surface area contributed by atoms with Crippen molar-refractivity contribution in [1.82, 2.24) is 0 Å². The van der Waals surface area contributed by atoms with Crippen LogP contribution >= 0.6 is 0 Å². The minimum Gasteiger partial charge on any atom is -1.00 e. The molecule has 5 rings (SSSR count). The van der Waals surface area contributed by atoms with Crippen LogP contribution in [0.25, 0.3) is 10.9 Å². The summed E-state index contributed by atoms with van der Waals surface area (Å²) >= 11 is 0. The number of carbonyl (C=O) groups is 1. The molecule has 0 fully saturated rings. The lowest BCUT2D eigenvalue weighted by Gasteiger charge is -2.12. The maximum absolute atomic E-state index is 13.0. The smallest absolute Gasteiger partial charge is 0.255 e. The Labute approximate surface area is 281 Å². The fourth-order valence-electron chi connectivity index (χ4n) is 4.76. The number of amides is 1. The fraction of sp³-hybridized carbons (Fsp3) is 0.182. The Hall–Kier alpha value is -3.45. The van der Waals surface area contributed by atoms with Crippen LogP contribution in [0.1, 0.15) is 37.0 Å². The van der Waals surface area contributed by atoms with Gasteiger partial charge in [-0.1, -0.05) is 26.0 Å². The summed E-state index contributed by atoms with van der Waals surface area (Å²) in [4.78, 5) is 13.0. The molecule has 0 aliphatic heterocycles. The molecule has 2 aromatic heterocycles. The number of anilines is 6. The number of hydrogen-bond donors (Lipinski definition) is 4. The Morgan fingerprint density at radius 1 is 0.714 bits per heavy atom. The molecule has 0 aliphatic rings. The average Bonchev–Trinajstić information content (AvgIpc) is 2.97. The molecular weight excluding hydrogens is 750 g/mol. The number of hydrogen-bond acceptors (Lipinski definition) is 4. The van der Waals surface area contributed by atoms with Crippen LogP contribution in [0.15, 0.2) is 104 Å². The molecule has 3 aromatic carbocycles. The molecule has 0 atom stereocenters. The highest BCUT2D eigenvalue weighted by Crippen LogP contribution is 2.27. The van der Waals surface area contributed by atoms with Crippen molar-refractivity contribution in [3.05, 3.63) is 109 Å². The van der Waals surface area contributed by atoms with E-state index in [0.717, 1.165) is 54.1 Å². The minimum absolute atomic E-state index is 0. The van der Waals surface area contributed by atoms with Crippen LogP contribution in [0.3, 0.4) is 0 Å². The van der Waals surface area contributed by atoms with Crippen molar-refractivity contribution < 1.29 is 61.9 Å². The molecule has 0 saturated heterocycles. The van der Waals surface area contributed by atoms with E-state index in [1.165, 1.54) is 5.52 Å². The molecule has 0 bridgehead atoms. The molecule has 42 heavy (non-hydrogen) atoms. The van der Waals surface area contributed by atoms with Crippen LogP contribution in [0.5, 0.6) is 0 Å². The summed E-state index contributed by atoms with van der Waals surface area (Å²) in [6.07, 6.45) is 8.38. The van der Waals surface area contributed by atoms with Crippen molar-refractivity contribution >= 4 is 50.9 Å². The van der Waals surface area contributed by atoms with Crippen molar-refractivity contribution in [2.75, 3.05) is 21.7 Å². The summed E-state index contributed by atoms with van der Waals surface area (Å²) in [5.74, 6) is -0.215. The topological polar surface area (TPSA) is 86.9 Å². The molecule has 1 amide bonds. The molecule has 0 unspecified atom stereocenters. The van der Waals surface area contributed by atoms with Crippen molar-refractivity contribution in [1.29, 1.82) is 0 Å². The van der Waals surface area contributed by atoms with Gasteiger partial charge in [-0.2, -0.15) is 4.57 Å². The summed E-state index contributed by atoms with van der Waals surface area (Å²) < 4.78 is 4.42. The van der Waals surface area contributed by atoms with Gasteiger partial charge in [-0.3, -0.25) is 4.79 Å². The summed E-state index contributed by atoms with van der Waals surface area (Å²) in [6.45, 7) is 6.30. The predicted molar refractivity (Wildman–Crippen MR) is 163 cm³/mol. The Bertz CT molecular complexity index is 1630. The van der Waals surface area contributed by atoms with E-state index in [4.69, 9.17) is 5.73 Å². The van der Waals surface area contributed by atoms with E-state index < -0.39 is 0 Å². The molecule has 0 radical (unpaired) electrons. The first-order chi connectivity index (χ1) is 19.5. The first kappa shape index (κ1) is 33.1. The quantitative estimate of drug-likeness (QED) is 0.0949. The zero-order valence-corrected chi connectivity index (χ0v) is 28.1. The molecular formula is C33H36I2N6O. The third-order valence-corrected chi connectivity index (χ3v) is 6.78. The lowest BCUT2D eigenvalue weighted by molar-refractivity contribution is -0.696. The van der Waals surface area contributed by atoms with Crippen molar-refractivity contribution in [2.45, 2.75) is 39.8 Å². The number of carbonyl (C=O) groups excluding carboxylic acids is 1. The number of nitrogens with zero attached hydrogens (tertiary/aromatic N) is 2. The lowest BCUT2D eigenvalue weighted by atomic mass is 10.1. The number of fused-ring (bicyclic) bond motifs is 1. The number of nitrogens with one attached hydrogen (secondary N) is 3. The van der Waals surface area contributed by atoms with Gasteiger partial charge >= 0.3 is 0 Å². The third kappa shape index (κ3) is 8.09. The van der Waals surface area contributed by atoms with Crippen molar-refractivity contribution in [2.24, 2.45) is 0 Å². The summed E-state index contributed by atoms with van der Waals surface area (Å²) in [5.41, 5.74) is 12.8. The van der Waals surface area contributed by atoms with E-state index in [0.29, 0.717) is 16.9 Å². The van der Waals surface area contributed by atoms with Gasteiger partial charge in [-0.05, 0) is 48.5 Å². The second-order valence-corrected chi connectivity index (χ2v) is 9.85. The largest absolute Gasteiger partial charge is 1.00 e. The zero-order chi connectivity index (χ0) is 27.9. The molecule has 2 heterocycles. The summed E-state index contributed by atoms with van der Waals surface area (Å²) in [7, 11) is 0. The van der Waals surface area contributed by atoms with Crippen molar-refractivity contribution in [3.63, 3.8) is 0 Å². The SMILES string of the molecule is CCC[n+]1ccc(Nc2ccc(NC(=O)c3ccc(Nc4cc[n+](CCC)c5ccccc45)cc3)c(N)c2)cc1.[I-].[I-]. The number of benzene rings is 3. The van der Waals surface area contributed by atoms with Crippen LogP contribution in [-0.2, 0) is 13.1 Å². The van der Waals surface area contributed by atoms with Crippen LogP contribution in [-0.4, -0.2) is 5.91 Å². The maximum atomic E-state index is 13.0. The van der Waals surface area contributed by atoms with Gasteiger partial charge in [0.25, 0.3) is 5.91 Å². The molecule has 7 nitrogen and oxygen atoms in total. The number of aryl methyl sites for hydroxylation is 2. The van der Waals surface area contributed by atoms with Crippen molar-refractivity contribution in [3.8, 4) is 0 Å². The maximum Gasteiger partial charge on any atom is 0.255 e. The third-order valence-electron chi connectivity index (χ3n) is 6.78. The van der Waals surface area contributed by atoms with Gasteiger partial charge in [0.2, 0.25) is 5.52 Å². The highest BCUT2D eigenvalue weighted by atomic mass is 127. The van der Waals surface area contributed by atoms with Crippen LogP contribution in [0.2, 0.25) is 0 Å². The van der Waals surface area contributed by atoms with E-state index in [1.54, 1.807) is 0 Å². The highest BCUT2D eigenvalue weighted by Gasteiger charge is 2.13. The zero-order valence-electron chi connectivity index (χ0n) is 23.8. The van der Waals surface area contributed by atoms with E-state index in [1.807, 2.05) is 54.6 Å². The Morgan fingerprint density at radius 3 is 2.07 bits per heavy atom. The highest BCUT2D eigenvalue weighted by molar-refractivity contribution is 6.06. The lowest BCUT2D eigenvalue weighted by Crippen LogP contribution is -3.00. The molecule has 5 N–H and O–H groups in total. The Morgan fingerprint density at radius 2 is 1.38 bits per heavy atom. The van der Waals surface area contributed by atoms with Gasteiger partial charge in [0, 0.05) is 54.0 Å². The van der Waals surface area contributed by atoms with Gasteiger partial charge in [0.05, 0.1) is 28.1 Å². The fourth-order valence-corrected chi connectivity index (χ4v) is 4.76. The van der Waals surface area contributed by atoms with Gasteiger partial charge in [-0.25, -0.2) is 4.57 Å². The van der Waals surface area contributed by atoms with E-state index >= 15 is 0 Å². The van der Waals surface area contributed by atoms with Gasteiger partial charge in [0.15, 0.2) is 18.6 Å². The van der Waals surface area contributed by atoms with E-state index in [2.05, 4.69) is 87.9 Å². The number of aromatic nitrogens is 2. The predicted octanol–water partition coefficient (Wildman–Crippen LogP) is 0.565. The number of nitrogen functional groups attached to an aromatic ring is 1. The molecule has 5 aromatic rings. The van der Waals surface area contributed by atoms with Gasteiger partial charge < -0.3 is 69.6 Å².